The van der Waals surface area contributed by atoms with E-state index in [0.717, 1.165) is 41.4 Å². The molecule has 0 bridgehead atoms. The first kappa shape index (κ1) is 24.2. The highest BCUT2D eigenvalue weighted by Gasteiger charge is 2.16. The van der Waals surface area contributed by atoms with Crippen molar-refractivity contribution < 1.29 is 19.1 Å². The van der Waals surface area contributed by atoms with Gasteiger partial charge in [-0.3, -0.25) is 0 Å². The molecule has 0 fully saturated rings. The van der Waals surface area contributed by atoms with Crippen molar-refractivity contribution in [2.75, 3.05) is 14.2 Å². The van der Waals surface area contributed by atoms with Crippen molar-refractivity contribution in [1.29, 1.82) is 0 Å². The van der Waals surface area contributed by atoms with E-state index in [9.17, 15) is 9.59 Å². The smallest absolute Gasteiger partial charge is 0.338 e. The summed E-state index contributed by atoms with van der Waals surface area (Å²) in [5.41, 5.74) is 6.52. The minimum Gasteiger partial charge on any atom is -0.465 e. The Morgan fingerprint density at radius 3 is 1.65 bits per heavy atom. The second-order valence-corrected chi connectivity index (χ2v) is 9.60. The Morgan fingerprint density at radius 1 is 0.618 bits per heavy atom. The third-order valence-electron chi connectivity index (χ3n) is 5.50. The molecular formula is C28H20BrIO4. The molecule has 0 aliphatic heterocycles. The van der Waals surface area contributed by atoms with Crippen LogP contribution in [0.4, 0.5) is 0 Å². The first-order chi connectivity index (χ1) is 16.4. The predicted octanol–water partition coefficient (Wildman–Crippen LogP) is 7.63. The summed E-state index contributed by atoms with van der Waals surface area (Å²) in [6.07, 6.45) is 0. The molecule has 170 valence electrons. The van der Waals surface area contributed by atoms with E-state index in [2.05, 4.69) is 38.5 Å². The van der Waals surface area contributed by atoms with Crippen molar-refractivity contribution in [1.82, 2.24) is 0 Å². The number of rotatable bonds is 5. The minimum absolute atomic E-state index is 0.364. The SMILES string of the molecule is COC(=O)c1cc(-c2ccc(-c3ccc(-c4ccc(Br)cc4)cc3C(=O)OC)cc2)ccc1I. The highest BCUT2D eigenvalue weighted by molar-refractivity contribution is 14.1. The highest BCUT2D eigenvalue weighted by Crippen LogP contribution is 2.32. The zero-order chi connectivity index (χ0) is 24.2. The van der Waals surface area contributed by atoms with Crippen LogP contribution in [0.25, 0.3) is 33.4 Å². The van der Waals surface area contributed by atoms with Gasteiger partial charge in [0.15, 0.2) is 0 Å². The minimum atomic E-state index is -0.390. The molecule has 0 saturated carbocycles. The van der Waals surface area contributed by atoms with Crippen LogP contribution in [-0.2, 0) is 9.47 Å². The van der Waals surface area contributed by atoms with Crippen LogP contribution in [0, 0.1) is 3.57 Å². The van der Waals surface area contributed by atoms with Gasteiger partial charge in [-0.05, 0) is 86.3 Å². The molecule has 0 radical (unpaired) electrons. The Labute approximate surface area is 220 Å². The molecule has 0 unspecified atom stereocenters. The number of hydrogen-bond acceptors (Lipinski definition) is 4. The van der Waals surface area contributed by atoms with E-state index in [4.69, 9.17) is 9.47 Å². The molecule has 4 nitrogen and oxygen atoms in total. The Kier molecular flexibility index (Phi) is 7.48. The molecule has 4 aromatic carbocycles. The van der Waals surface area contributed by atoms with Crippen molar-refractivity contribution in [3.05, 3.63) is 104 Å². The molecule has 34 heavy (non-hydrogen) atoms. The Bertz CT molecular complexity index is 1360. The average Bonchev–Trinajstić information content (AvgIpc) is 2.88. The summed E-state index contributed by atoms with van der Waals surface area (Å²) in [6.45, 7) is 0. The topological polar surface area (TPSA) is 52.6 Å². The standard InChI is InChI=1S/C28H20BrIO4/c1-33-27(31)24-15-20(18-7-11-22(29)12-8-18)9-13-23(24)19-5-3-17(4-6-19)21-10-14-26(30)25(16-21)28(32)34-2/h3-16H,1-2H3. The van der Waals surface area contributed by atoms with Crippen LogP contribution in [0.15, 0.2) is 89.4 Å². The number of methoxy groups -OCH3 is 2. The molecule has 0 heterocycles. The average molecular weight is 627 g/mol. The predicted molar refractivity (Wildman–Crippen MR) is 146 cm³/mol. The maximum absolute atomic E-state index is 12.6. The number of hydrogen-bond donors (Lipinski definition) is 0. The van der Waals surface area contributed by atoms with Crippen molar-refractivity contribution in [3.8, 4) is 33.4 Å². The summed E-state index contributed by atoms with van der Waals surface area (Å²) in [4.78, 5) is 24.7. The van der Waals surface area contributed by atoms with E-state index < -0.39 is 5.97 Å². The van der Waals surface area contributed by atoms with Gasteiger partial charge in [-0.2, -0.15) is 0 Å². The molecule has 0 aliphatic carbocycles. The molecule has 0 atom stereocenters. The summed E-state index contributed by atoms with van der Waals surface area (Å²) in [7, 11) is 2.76. The van der Waals surface area contributed by atoms with Crippen molar-refractivity contribution in [2.45, 2.75) is 0 Å². The van der Waals surface area contributed by atoms with Crippen LogP contribution in [0.3, 0.4) is 0 Å². The normalized spacial score (nSPS) is 10.6. The molecule has 0 amide bonds. The third-order valence-corrected chi connectivity index (χ3v) is 6.97. The molecule has 0 spiro atoms. The summed E-state index contributed by atoms with van der Waals surface area (Å²) >= 11 is 5.57. The van der Waals surface area contributed by atoms with Crippen molar-refractivity contribution >= 4 is 50.5 Å². The molecule has 0 aromatic heterocycles. The fourth-order valence-electron chi connectivity index (χ4n) is 3.71. The van der Waals surface area contributed by atoms with Gasteiger partial charge in [0.25, 0.3) is 0 Å². The Hall–Kier alpha value is -2.97. The monoisotopic (exact) mass is 626 g/mol. The van der Waals surface area contributed by atoms with Crippen LogP contribution < -0.4 is 0 Å². The zero-order valence-corrected chi connectivity index (χ0v) is 22.2. The fourth-order valence-corrected chi connectivity index (χ4v) is 4.53. The Morgan fingerprint density at radius 2 is 1.06 bits per heavy atom. The van der Waals surface area contributed by atoms with Gasteiger partial charge < -0.3 is 9.47 Å². The molecule has 4 rings (SSSR count). The van der Waals surface area contributed by atoms with E-state index in [1.807, 2.05) is 84.9 Å². The lowest BCUT2D eigenvalue weighted by Gasteiger charge is -2.12. The first-order valence-electron chi connectivity index (χ1n) is 10.4. The van der Waals surface area contributed by atoms with Crippen LogP contribution in [0.5, 0.6) is 0 Å². The maximum Gasteiger partial charge on any atom is 0.338 e. The number of carbonyl (C=O) groups excluding carboxylic acids is 2. The van der Waals surface area contributed by atoms with Gasteiger partial charge in [-0.25, -0.2) is 9.59 Å². The lowest BCUT2D eigenvalue weighted by atomic mass is 9.93. The van der Waals surface area contributed by atoms with Gasteiger partial charge in [-0.1, -0.05) is 70.5 Å². The molecule has 4 aromatic rings. The van der Waals surface area contributed by atoms with E-state index >= 15 is 0 Å². The van der Waals surface area contributed by atoms with Gasteiger partial charge in [-0.15, -0.1) is 0 Å². The lowest BCUT2D eigenvalue weighted by Crippen LogP contribution is -2.04. The van der Waals surface area contributed by atoms with Crippen LogP contribution in [-0.4, -0.2) is 26.2 Å². The van der Waals surface area contributed by atoms with Crippen LogP contribution >= 0.6 is 38.5 Å². The fraction of sp³-hybridized carbons (Fsp3) is 0.0714. The second-order valence-electron chi connectivity index (χ2n) is 7.52. The van der Waals surface area contributed by atoms with E-state index in [-0.39, 0.29) is 5.97 Å². The van der Waals surface area contributed by atoms with Crippen molar-refractivity contribution in [2.24, 2.45) is 0 Å². The number of halogens is 2. The summed E-state index contributed by atoms with van der Waals surface area (Å²) < 4.78 is 11.8. The van der Waals surface area contributed by atoms with Gasteiger partial charge in [0, 0.05) is 8.04 Å². The van der Waals surface area contributed by atoms with Gasteiger partial charge in [0.1, 0.15) is 0 Å². The van der Waals surface area contributed by atoms with Gasteiger partial charge in [0.05, 0.1) is 25.3 Å². The number of benzene rings is 4. The van der Waals surface area contributed by atoms with E-state index in [1.54, 1.807) is 0 Å². The van der Waals surface area contributed by atoms with Gasteiger partial charge in [0.2, 0.25) is 0 Å². The molecular weight excluding hydrogens is 607 g/mol. The largest absolute Gasteiger partial charge is 0.465 e. The van der Waals surface area contributed by atoms with Gasteiger partial charge >= 0.3 is 11.9 Å². The first-order valence-corrected chi connectivity index (χ1v) is 12.3. The second kappa shape index (κ2) is 10.5. The number of carbonyl (C=O) groups is 2. The molecule has 6 heteroatoms. The van der Waals surface area contributed by atoms with Crippen LogP contribution in [0.1, 0.15) is 20.7 Å². The summed E-state index contributed by atoms with van der Waals surface area (Å²) in [5, 5.41) is 0. The zero-order valence-electron chi connectivity index (χ0n) is 18.5. The van der Waals surface area contributed by atoms with E-state index in [1.165, 1.54) is 14.2 Å². The quantitative estimate of drug-likeness (QED) is 0.169. The summed E-state index contributed by atoms with van der Waals surface area (Å²) in [5.74, 6) is -0.755. The number of esters is 2. The Balaban J connectivity index is 1.72. The lowest BCUT2D eigenvalue weighted by molar-refractivity contribution is 0.0591. The third kappa shape index (κ3) is 5.08. The highest BCUT2D eigenvalue weighted by atomic mass is 127. The van der Waals surface area contributed by atoms with Crippen molar-refractivity contribution in [3.63, 3.8) is 0 Å². The van der Waals surface area contributed by atoms with E-state index in [0.29, 0.717) is 11.1 Å². The molecule has 0 N–H and O–H groups in total. The molecule has 0 aliphatic rings. The molecule has 0 saturated heterocycles. The maximum atomic E-state index is 12.6. The summed E-state index contributed by atoms with van der Waals surface area (Å²) in [6, 6.07) is 27.3. The van der Waals surface area contributed by atoms with Crippen LogP contribution in [0.2, 0.25) is 0 Å². The number of ether oxygens (including phenoxy) is 2.